The van der Waals surface area contributed by atoms with Gasteiger partial charge in [-0.25, -0.2) is 9.71 Å². The van der Waals surface area contributed by atoms with Crippen LogP contribution in [0.3, 0.4) is 0 Å². The van der Waals surface area contributed by atoms with Gasteiger partial charge in [-0.1, -0.05) is 48.5 Å². The largest absolute Gasteiger partial charge is 0.476 e. The fraction of sp³-hybridized carbons (Fsp3) is 0.333. The van der Waals surface area contributed by atoms with E-state index < -0.39 is 50.2 Å². The van der Waals surface area contributed by atoms with Crippen molar-refractivity contribution in [3.8, 4) is 16.9 Å². The van der Waals surface area contributed by atoms with Crippen molar-refractivity contribution in [2.45, 2.75) is 49.1 Å². The second kappa shape index (κ2) is 9.83. The number of amides is 1. The molecule has 1 unspecified atom stereocenters. The zero-order valence-electron chi connectivity index (χ0n) is 20.9. The Morgan fingerprint density at radius 2 is 1.82 bits per heavy atom. The highest BCUT2D eigenvalue weighted by atomic mass is 32.2. The highest BCUT2D eigenvalue weighted by molar-refractivity contribution is 7.90. The van der Waals surface area contributed by atoms with Crippen molar-refractivity contribution >= 4 is 21.7 Å². The summed E-state index contributed by atoms with van der Waals surface area (Å²) in [6.45, 7) is 2.08. The molecule has 0 bridgehead atoms. The average Bonchev–Trinajstić information content (AvgIpc) is 3.54. The molecule has 2 aliphatic rings. The van der Waals surface area contributed by atoms with Gasteiger partial charge in [0.1, 0.15) is 17.1 Å². The Kier molecular flexibility index (Phi) is 6.79. The molecule has 1 aliphatic heterocycles. The number of carbonyl (C=O) groups excluding carboxylic acids is 1. The van der Waals surface area contributed by atoms with Crippen LogP contribution >= 0.6 is 0 Å². The van der Waals surface area contributed by atoms with Crippen LogP contribution in [0.25, 0.3) is 11.1 Å². The summed E-state index contributed by atoms with van der Waals surface area (Å²) in [6.07, 6.45) is -4.75. The first kappa shape index (κ1) is 26.9. The first-order valence-electron chi connectivity index (χ1n) is 12.3. The molecule has 2 heterocycles. The molecule has 2 N–H and O–H groups in total. The third-order valence-electron chi connectivity index (χ3n) is 6.85. The molecule has 39 heavy (non-hydrogen) atoms. The summed E-state index contributed by atoms with van der Waals surface area (Å²) in [5.41, 5.74) is -2.31. The quantitative estimate of drug-likeness (QED) is 0.448. The molecule has 5 rings (SSSR count). The first-order valence-corrected chi connectivity index (χ1v) is 13.8. The fourth-order valence-corrected chi connectivity index (χ4v) is 5.62. The Morgan fingerprint density at radius 1 is 1.10 bits per heavy atom. The van der Waals surface area contributed by atoms with E-state index in [0.29, 0.717) is 30.9 Å². The van der Waals surface area contributed by atoms with Crippen molar-refractivity contribution in [2.24, 2.45) is 0 Å². The van der Waals surface area contributed by atoms with Gasteiger partial charge in [0.2, 0.25) is 0 Å². The van der Waals surface area contributed by atoms with Crippen molar-refractivity contribution in [1.82, 2.24) is 9.71 Å². The van der Waals surface area contributed by atoms with Crippen LogP contribution in [0.4, 0.5) is 19.0 Å². The molecule has 1 amide bonds. The number of anilines is 1. The van der Waals surface area contributed by atoms with Gasteiger partial charge in [-0.3, -0.25) is 4.79 Å². The topological polar surface area (TPSA) is 109 Å². The zero-order valence-corrected chi connectivity index (χ0v) is 21.7. The lowest BCUT2D eigenvalue weighted by molar-refractivity contribution is -0.141. The van der Waals surface area contributed by atoms with Crippen molar-refractivity contribution in [3.05, 3.63) is 71.8 Å². The number of hydrogen-bond acceptors (Lipinski definition) is 7. The molecule has 12 heteroatoms. The molecule has 2 aromatic carbocycles. The minimum atomic E-state index is -4.78. The number of rotatable bonds is 7. The molecule has 8 nitrogen and oxygen atoms in total. The SMILES string of the molecule is Cc1ccc(-c2ccccc2)c(OC2(C(=O)NS(=O)(=O)c3cccc(N4CCC(O)C4)n3)CC2)c1C(F)(F)F. The number of aromatic nitrogens is 1. The summed E-state index contributed by atoms with van der Waals surface area (Å²) < 4.78 is 76.5. The van der Waals surface area contributed by atoms with Gasteiger partial charge in [-0.05, 0) is 36.6 Å². The van der Waals surface area contributed by atoms with E-state index in [1.807, 2.05) is 4.72 Å². The van der Waals surface area contributed by atoms with Crippen LogP contribution in [0.15, 0.2) is 65.7 Å². The van der Waals surface area contributed by atoms with Crippen LogP contribution in [-0.4, -0.2) is 49.2 Å². The molecule has 3 aromatic rings. The van der Waals surface area contributed by atoms with Crippen molar-refractivity contribution in [3.63, 3.8) is 0 Å². The van der Waals surface area contributed by atoms with E-state index in [1.165, 1.54) is 31.2 Å². The summed E-state index contributed by atoms with van der Waals surface area (Å²) in [4.78, 5) is 19.1. The number of nitrogens with one attached hydrogen (secondary N) is 1. The maximum atomic E-state index is 14.2. The lowest BCUT2D eigenvalue weighted by Crippen LogP contribution is -2.44. The molecule has 2 fully saturated rings. The van der Waals surface area contributed by atoms with E-state index in [-0.39, 0.29) is 24.0 Å². The molecule has 1 saturated heterocycles. The smallest absolute Gasteiger partial charge is 0.420 e. The third-order valence-corrected chi connectivity index (χ3v) is 8.08. The number of aliphatic hydroxyl groups excluding tert-OH is 1. The van der Waals surface area contributed by atoms with Gasteiger partial charge in [-0.2, -0.15) is 21.6 Å². The number of alkyl halides is 3. The summed E-state index contributed by atoms with van der Waals surface area (Å²) in [5.74, 6) is -1.27. The van der Waals surface area contributed by atoms with Crippen LogP contribution in [0.5, 0.6) is 5.75 Å². The Hall–Kier alpha value is -3.64. The van der Waals surface area contributed by atoms with Crippen LogP contribution in [0.1, 0.15) is 30.4 Å². The molecule has 0 radical (unpaired) electrons. The lowest BCUT2D eigenvalue weighted by atomic mass is 9.97. The third kappa shape index (κ3) is 5.44. The number of benzene rings is 2. The van der Waals surface area contributed by atoms with Crippen LogP contribution in [0, 0.1) is 6.92 Å². The van der Waals surface area contributed by atoms with Gasteiger partial charge < -0.3 is 14.7 Å². The zero-order chi connectivity index (χ0) is 28.0. The van der Waals surface area contributed by atoms with Crippen LogP contribution in [-0.2, 0) is 21.0 Å². The minimum absolute atomic E-state index is 0.0347. The standard InChI is InChI=1S/C27H26F3N3O5S/c1-17-10-11-20(18-6-3-2-4-7-18)24(23(17)27(28,29)30)38-26(13-14-26)25(35)32-39(36,37)22-9-5-8-21(31-22)33-15-12-19(34)16-33/h2-11,19,34H,12-16H2,1H3,(H,32,35). The Labute approximate surface area is 223 Å². The number of pyridine rings is 1. The highest BCUT2D eigenvalue weighted by Crippen LogP contribution is 2.49. The summed E-state index contributed by atoms with van der Waals surface area (Å²) in [5, 5.41) is 9.35. The first-order chi connectivity index (χ1) is 18.4. The maximum absolute atomic E-state index is 14.2. The van der Waals surface area contributed by atoms with Gasteiger partial charge in [0.25, 0.3) is 15.9 Å². The number of nitrogens with zero attached hydrogens (tertiary/aromatic N) is 2. The number of halogens is 3. The molecule has 1 aliphatic carbocycles. The summed E-state index contributed by atoms with van der Waals surface area (Å²) in [7, 11) is -4.47. The summed E-state index contributed by atoms with van der Waals surface area (Å²) in [6, 6.07) is 15.4. The maximum Gasteiger partial charge on any atom is 0.420 e. The van der Waals surface area contributed by atoms with E-state index in [4.69, 9.17) is 4.74 Å². The second-order valence-corrected chi connectivity index (χ2v) is 11.4. The normalized spacial score (nSPS) is 18.6. The summed E-state index contributed by atoms with van der Waals surface area (Å²) >= 11 is 0. The van der Waals surface area contributed by atoms with Gasteiger partial charge in [0.15, 0.2) is 10.6 Å². The fourth-order valence-electron chi connectivity index (χ4n) is 4.62. The predicted molar refractivity (Wildman–Crippen MR) is 137 cm³/mol. The molecular weight excluding hydrogens is 535 g/mol. The monoisotopic (exact) mass is 561 g/mol. The predicted octanol–water partition coefficient (Wildman–Crippen LogP) is 4.06. The van der Waals surface area contributed by atoms with Gasteiger partial charge in [0, 0.05) is 31.5 Å². The number of sulfonamides is 1. The Morgan fingerprint density at radius 3 is 2.44 bits per heavy atom. The Balaban J connectivity index is 1.45. The van der Waals surface area contributed by atoms with Gasteiger partial charge >= 0.3 is 6.18 Å². The number of β-amino-alcohol motifs (C(OH)–C–C–N with tert-alkyl or cyclic N) is 1. The molecule has 0 spiro atoms. The number of hydrogen-bond donors (Lipinski definition) is 2. The van der Waals surface area contributed by atoms with E-state index in [0.717, 1.165) is 0 Å². The van der Waals surface area contributed by atoms with Crippen molar-refractivity contribution in [1.29, 1.82) is 0 Å². The second-order valence-electron chi connectivity index (χ2n) is 9.75. The number of aliphatic hydroxyl groups is 1. The number of aryl methyl sites for hydroxylation is 1. The average molecular weight is 562 g/mol. The number of ether oxygens (including phenoxy) is 1. The van der Waals surface area contributed by atoms with E-state index in [2.05, 4.69) is 4.98 Å². The van der Waals surface area contributed by atoms with E-state index in [1.54, 1.807) is 41.3 Å². The lowest BCUT2D eigenvalue weighted by Gasteiger charge is -2.24. The molecule has 1 aromatic heterocycles. The molecule has 1 atom stereocenters. The minimum Gasteiger partial charge on any atom is -0.476 e. The van der Waals surface area contributed by atoms with E-state index in [9.17, 15) is 31.5 Å². The van der Waals surface area contributed by atoms with E-state index >= 15 is 0 Å². The Bertz CT molecular complexity index is 1510. The molecular formula is C27H26F3N3O5S. The van der Waals surface area contributed by atoms with Gasteiger partial charge in [0.05, 0.1) is 6.10 Å². The highest BCUT2D eigenvalue weighted by Gasteiger charge is 2.55. The van der Waals surface area contributed by atoms with Crippen LogP contribution in [0.2, 0.25) is 0 Å². The number of carbonyl (C=O) groups is 1. The van der Waals surface area contributed by atoms with Crippen LogP contribution < -0.4 is 14.4 Å². The van der Waals surface area contributed by atoms with Crippen molar-refractivity contribution in [2.75, 3.05) is 18.0 Å². The van der Waals surface area contributed by atoms with Crippen molar-refractivity contribution < 1.29 is 36.2 Å². The molecule has 1 saturated carbocycles. The van der Waals surface area contributed by atoms with Gasteiger partial charge in [-0.15, -0.1) is 0 Å². The molecule has 206 valence electrons.